The molecule has 0 saturated carbocycles. The van der Waals surface area contributed by atoms with Crippen LogP contribution >= 0.6 is 11.8 Å². The second kappa shape index (κ2) is 6.32. The summed E-state index contributed by atoms with van der Waals surface area (Å²) < 4.78 is 11.6. The fourth-order valence-electron chi connectivity index (χ4n) is 3.72. The van der Waals surface area contributed by atoms with Crippen LogP contribution in [0.2, 0.25) is 0 Å². The van der Waals surface area contributed by atoms with Gasteiger partial charge in [0.2, 0.25) is 5.91 Å². The summed E-state index contributed by atoms with van der Waals surface area (Å²) in [6, 6.07) is 3.84. The van der Waals surface area contributed by atoms with Gasteiger partial charge in [-0.05, 0) is 25.0 Å². The zero-order valence-corrected chi connectivity index (χ0v) is 14.0. The van der Waals surface area contributed by atoms with Gasteiger partial charge in [0.15, 0.2) is 0 Å². The molecule has 3 aliphatic rings. The number of carbonyl (C=O) groups excluding carboxylic acids is 1. The molecule has 1 aromatic rings. The van der Waals surface area contributed by atoms with E-state index in [2.05, 4.69) is 4.98 Å². The van der Waals surface area contributed by atoms with E-state index in [4.69, 9.17) is 9.47 Å². The number of carbonyl (C=O) groups is 1. The SMILES string of the molecule is O=C(C1CCOCC1)N1CC2(C[C@@H](Oc3cccnc3)CS2)C1. The Morgan fingerprint density at radius 3 is 2.96 bits per heavy atom. The first kappa shape index (κ1) is 15.3. The maximum atomic E-state index is 12.5. The van der Waals surface area contributed by atoms with Gasteiger partial charge in [-0.3, -0.25) is 9.78 Å². The van der Waals surface area contributed by atoms with E-state index < -0.39 is 0 Å². The second-order valence-electron chi connectivity index (χ2n) is 6.71. The molecule has 23 heavy (non-hydrogen) atoms. The summed E-state index contributed by atoms with van der Waals surface area (Å²) in [5.74, 6) is 2.34. The molecule has 0 N–H and O–H groups in total. The van der Waals surface area contributed by atoms with Gasteiger partial charge in [0.1, 0.15) is 11.9 Å². The summed E-state index contributed by atoms with van der Waals surface area (Å²) in [7, 11) is 0. The van der Waals surface area contributed by atoms with Crippen molar-refractivity contribution in [3.63, 3.8) is 0 Å². The van der Waals surface area contributed by atoms with Crippen LogP contribution in [0.5, 0.6) is 5.75 Å². The Morgan fingerprint density at radius 1 is 1.39 bits per heavy atom. The summed E-state index contributed by atoms with van der Waals surface area (Å²) in [6.45, 7) is 3.21. The van der Waals surface area contributed by atoms with Crippen LogP contribution in [0, 0.1) is 5.92 Å². The van der Waals surface area contributed by atoms with Gasteiger partial charge in [-0.15, -0.1) is 11.8 Å². The Morgan fingerprint density at radius 2 is 2.22 bits per heavy atom. The van der Waals surface area contributed by atoms with Crippen LogP contribution in [0.3, 0.4) is 0 Å². The van der Waals surface area contributed by atoms with Crippen molar-refractivity contribution in [1.29, 1.82) is 0 Å². The lowest BCUT2D eigenvalue weighted by Gasteiger charge is -2.48. The van der Waals surface area contributed by atoms with Crippen molar-refractivity contribution in [2.24, 2.45) is 5.92 Å². The summed E-state index contributed by atoms with van der Waals surface area (Å²) in [6.07, 6.45) is 6.51. The number of hydrogen-bond donors (Lipinski definition) is 0. The fraction of sp³-hybridized carbons (Fsp3) is 0.647. The van der Waals surface area contributed by atoms with E-state index in [-0.39, 0.29) is 16.8 Å². The van der Waals surface area contributed by atoms with Crippen molar-refractivity contribution in [3.05, 3.63) is 24.5 Å². The molecular formula is C17H22N2O3S. The number of aromatic nitrogens is 1. The maximum absolute atomic E-state index is 12.5. The molecule has 1 atom stereocenters. The highest BCUT2D eigenvalue weighted by atomic mass is 32.2. The zero-order valence-electron chi connectivity index (χ0n) is 13.1. The van der Waals surface area contributed by atoms with E-state index in [0.717, 1.165) is 57.1 Å². The predicted molar refractivity (Wildman–Crippen MR) is 88.6 cm³/mol. The van der Waals surface area contributed by atoms with Crippen LogP contribution in [0.1, 0.15) is 19.3 Å². The standard InChI is InChI=1S/C17H22N2O3S/c20-16(13-3-6-21-7-4-13)19-11-17(12-19)8-15(10-23-17)22-14-2-1-5-18-9-14/h1-2,5,9,13,15H,3-4,6-8,10-12H2/t15-/m1/s1. The average Bonchev–Trinajstić information content (AvgIpc) is 2.99. The Labute approximate surface area is 140 Å². The highest BCUT2D eigenvalue weighted by molar-refractivity contribution is 8.01. The molecule has 0 bridgehead atoms. The normalized spacial score (nSPS) is 27.0. The molecule has 124 valence electrons. The van der Waals surface area contributed by atoms with Gasteiger partial charge in [0.05, 0.1) is 10.9 Å². The van der Waals surface area contributed by atoms with Crippen molar-refractivity contribution in [1.82, 2.24) is 9.88 Å². The van der Waals surface area contributed by atoms with Crippen LogP contribution in [-0.4, -0.2) is 58.7 Å². The van der Waals surface area contributed by atoms with E-state index in [1.54, 1.807) is 12.4 Å². The number of likely N-dealkylation sites (tertiary alicyclic amines) is 1. The van der Waals surface area contributed by atoms with Gasteiger partial charge in [0.25, 0.3) is 0 Å². The Hall–Kier alpha value is -1.27. The van der Waals surface area contributed by atoms with Crippen molar-refractivity contribution in [2.45, 2.75) is 30.1 Å². The minimum absolute atomic E-state index is 0.176. The molecule has 0 aromatic carbocycles. The van der Waals surface area contributed by atoms with Gasteiger partial charge in [0, 0.05) is 50.6 Å². The van der Waals surface area contributed by atoms with E-state index in [1.165, 1.54) is 0 Å². The summed E-state index contributed by atoms with van der Waals surface area (Å²) in [5, 5.41) is 0. The molecule has 3 fully saturated rings. The first-order valence-electron chi connectivity index (χ1n) is 8.31. The number of thioether (sulfide) groups is 1. The molecule has 6 heteroatoms. The zero-order chi connectivity index (χ0) is 15.7. The summed E-state index contributed by atoms with van der Waals surface area (Å²) in [4.78, 5) is 18.6. The first-order valence-corrected chi connectivity index (χ1v) is 9.30. The second-order valence-corrected chi connectivity index (χ2v) is 8.20. The average molecular weight is 334 g/mol. The van der Waals surface area contributed by atoms with E-state index in [9.17, 15) is 4.79 Å². The first-order chi connectivity index (χ1) is 11.2. The molecule has 3 saturated heterocycles. The third kappa shape index (κ3) is 3.19. The molecule has 1 aromatic heterocycles. The fourth-order valence-corrected chi connectivity index (χ4v) is 5.24. The molecule has 0 aliphatic carbocycles. The van der Waals surface area contributed by atoms with Crippen LogP contribution in [0.15, 0.2) is 24.5 Å². The van der Waals surface area contributed by atoms with Crippen LogP contribution in [0.4, 0.5) is 0 Å². The quantitative estimate of drug-likeness (QED) is 0.846. The molecule has 3 aliphatic heterocycles. The largest absolute Gasteiger partial charge is 0.488 e. The molecule has 0 radical (unpaired) electrons. The molecule has 4 rings (SSSR count). The molecular weight excluding hydrogens is 312 g/mol. The van der Waals surface area contributed by atoms with Gasteiger partial charge in [-0.1, -0.05) is 0 Å². The Bertz CT molecular complexity index is 556. The van der Waals surface area contributed by atoms with Crippen LogP contribution in [0.25, 0.3) is 0 Å². The maximum Gasteiger partial charge on any atom is 0.225 e. The highest BCUT2D eigenvalue weighted by Gasteiger charge is 2.52. The number of pyridine rings is 1. The number of nitrogens with zero attached hydrogens (tertiary/aromatic N) is 2. The topological polar surface area (TPSA) is 51.7 Å². The van der Waals surface area contributed by atoms with Crippen molar-refractivity contribution in [2.75, 3.05) is 32.1 Å². The molecule has 4 heterocycles. The minimum Gasteiger partial charge on any atom is -0.488 e. The molecule has 1 spiro atoms. The number of amides is 1. The molecule has 1 amide bonds. The minimum atomic E-state index is 0.176. The Kier molecular flexibility index (Phi) is 4.20. The summed E-state index contributed by atoms with van der Waals surface area (Å²) in [5.41, 5.74) is 0. The van der Waals surface area contributed by atoms with Crippen LogP contribution in [-0.2, 0) is 9.53 Å². The van der Waals surface area contributed by atoms with Crippen molar-refractivity contribution < 1.29 is 14.3 Å². The van der Waals surface area contributed by atoms with Crippen molar-refractivity contribution in [3.8, 4) is 5.75 Å². The number of rotatable bonds is 3. The van der Waals surface area contributed by atoms with E-state index in [0.29, 0.717) is 5.91 Å². The monoisotopic (exact) mass is 334 g/mol. The predicted octanol–water partition coefficient (Wildman–Crippen LogP) is 1.97. The van der Waals surface area contributed by atoms with Gasteiger partial charge < -0.3 is 14.4 Å². The lowest BCUT2D eigenvalue weighted by molar-refractivity contribution is -0.144. The Balaban J connectivity index is 1.28. The van der Waals surface area contributed by atoms with Crippen LogP contribution < -0.4 is 4.74 Å². The van der Waals surface area contributed by atoms with E-state index in [1.807, 2.05) is 28.8 Å². The molecule has 5 nitrogen and oxygen atoms in total. The lowest BCUT2D eigenvalue weighted by atomic mass is 9.89. The highest BCUT2D eigenvalue weighted by Crippen LogP contribution is 2.46. The third-order valence-electron chi connectivity index (χ3n) is 4.95. The third-order valence-corrected chi connectivity index (χ3v) is 6.53. The van der Waals surface area contributed by atoms with Gasteiger partial charge in [-0.25, -0.2) is 0 Å². The van der Waals surface area contributed by atoms with E-state index >= 15 is 0 Å². The van der Waals surface area contributed by atoms with Gasteiger partial charge >= 0.3 is 0 Å². The van der Waals surface area contributed by atoms with Gasteiger partial charge in [-0.2, -0.15) is 0 Å². The van der Waals surface area contributed by atoms with Crippen molar-refractivity contribution >= 4 is 17.7 Å². The summed E-state index contributed by atoms with van der Waals surface area (Å²) >= 11 is 1.96. The lowest BCUT2D eigenvalue weighted by Crippen LogP contribution is -2.62. The number of hydrogen-bond acceptors (Lipinski definition) is 5. The smallest absolute Gasteiger partial charge is 0.225 e. The molecule has 0 unspecified atom stereocenters. The number of ether oxygens (including phenoxy) is 2.